The van der Waals surface area contributed by atoms with Gasteiger partial charge in [0.1, 0.15) is 17.7 Å². The molecule has 0 atom stereocenters. The second-order valence-electron chi connectivity index (χ2n) is 11.8. The minimum atomic E-state index is -3.18. The van der Waals surface area contributed by atoms with Crippen LogP contribution in [-0.4, -0.2) is 91.9 Å². The van der Waals surface area contributed by atoms with E-state index in [1.165, 1.54) is 21.4 Å². The van der Waals surface area contributed by atoms with Gasteiger partial charge in [0, 0.05) is 95.5 Å². The summed E-state index contributed by atoms with van der Waals surface area (Å²) in [5.41, 5.74) is 8.52. The van der Waals surface area contributed by atoms with Gasteiger partial charge in [0.25, 0.3) is 0 Å². The first-order valence-corrected chi connectivity index (χ1v) is 20.5. The monoisotopic (exact) mass is 968 g/mol. The SMILES string of the molecule is C#CC#CC#CC#CC#CC#CC#CC#CC#CC#CC#C.COc1ccc(Cn2c(=O)n3ncnc3c3ccc(CN4CCN(S(C)(=O)=O)CC4)nc32)cc1.N=N/N=N/N=N/N(OO)OOS.[HH].[HH].[HH].[HH].[HH].[HH].[HH].[HH].[HH].[HH].[HH]. The van der Waals surface area contributed by atoms with E-state index in [0.717, 1.165) is 22.4 Å². The zero-order valence-electron chi connectivity index (χ0n) is 35.4. The van der Waals surface area contributed by atoms with Crippen molar-refractivity contribution in [3.8, 4) is 137 Å². The van der Waals surface area contributed by atoms with E-state index in [-0.39, 0.29) is 26.7 Å². The predicted molar refractivity (Wildman–Crippen MR) is 269 cm³/mol. The maximum atomic E-state index is 13.2. The average molecular weight is 969 g/mol. The molecule has 1 saturated heterocycles. The highest BCUT2D eigenvalue weighted by Gasteiger charge is 2.24. The molecule has 2 N–H and O–H groups in total. The third-order valence-electron chi connectivity index (χ3n) is 7.69. The van der Waals surface area contributed by atoms with Crippen LogP contribution in [0.4, 0.5) is 0 Å². The van der Waals surface area contributed by atoms with Crippen LogP contribution in [0.25, 0.3) is 16.7 Å². The lowest BCUT2D eigenvalue weighted by molar-refractivity contribution is -0.572. The highest BCUT2D eigenvalue weighted by molar-refractivity contribution is 7.88. The number of nitrogens with one attached hydrogen (secondary N) is 1. The van der Waals surface area contributed by atoms with Gasteiger partial charge < -0.3 is 4.74 Å². The average Bonchev–Trinajstić information content (AvgIpc) is 3.85. The van der Waals surface area contributed by atoms with Crippen molar-refractivity contribution in [3.63, 3.8) is 0 Å². The summed E-state index contributed by atoms with van der Waals surface area (Å²) in [6.45, 7) is 3.02. The molecule has 358 valence electrons. The van der Waals surface area contributed by atoms with Crippen molar-refractivity contribution in [2.45, 2.75) is 13.1 Å². The molecule has 0 amide bonds. The summed E-state index contributed by atoms with van der Waals surface area (Å²) in [7, 11) is -1.57. The van der Waals surface area contributed by atoms with Crippen LogP contribution in [-0.2, 0) is 37.4 Å². The second kappa shape index (κ2) is 30.6. The number of terminal acetylenes is 2. The fourth-order valence-electron chi connectivity index (χ4n) is 4.96. The molecule has 1 aliphatic rings. The largest absolute Gasteiger partial charge is 0.497 e. The Kier molecular flexibility index (Phi) is 23.9. The molecular formula is C44H52N14O8S2. The van der Waals surface area contributed by atoms with Crippen molar-refractivity contribution in [1.29, 1.82) is 5.53 Å². The summed E-state index contributed by atoms with van der Waals surface area (Å²) in [5, 5.41) is 26.4. The number of benzene rings is 1. The highest BCUT2D eigenvalue weighted by Crippen LogP contribution is 2.19. The van der Waals surface area contributed by atoms with E-state index >= 15 is 0 Å². The van der Waals surface area contributed by atoms with E-state index in [2.05, 4.69) is 187 Å². The molecule has 5 rings (SSSR count). The van der Waals surface area contributed by atoms with Crippen LogP contribution in [0.2, 0.25) is 0 Å². The van der Waals surface area contributed by atoms with Gasteiger partial charge in [-0.05, 0) is 145 Å². The van der Waals surface area contributed by atoms with E-state index in [1.54, 1.807) is 11.7 Å². The summed E-state index contributed by atoms with van der Waals surface area (Å²) < 4.78 is 36.9. The molecule has 0 unspecified atom stereocenters. The lowest BCUT2D eigenvalue weighted by Crippen LogP contribution is -2.47. The van der Waals surface area contributed by atoms with Gasteiger partial charge in [-0.2, -0.15) is 19.5 Å². The smallest absolute Gasteiger partial charge is 0.352 e. The molecule has 24 heteroatoms. The van der Waals surface area contributed by atoms with E-state index in [4.69, 9.17) is 33.4 Å². The number of fused-ring (bicyclic) bond motifs is 3. The molecule has 0 bridgehead atoms. The van der Waals surface area contributed by atoms with Crippen LogP contribution >= 0.6 is 12.9 Å². The van der Waals surface area contributed by atoms with Crippen molar-refractivity contribution in [1.82, 2.24) is 38.7 Å². The third kappa shape index (κ3) is 19.1. The summed E-state index contributed by atoms with van der Waals surface area (Å²) in [4.78, 5) is 31.7. The molecule has 22 nitrogen and oxygen atoms in total. The number of methoxy groups -OCH3 is 1. The quantitative estimate of drug-likeness (QED) is 0.0438. The Morgan fingerprint density at radius 3 is 1.81 bits per heavy atom. The van der Waals surface area contributed by atoms with Crippen molar-refractivity contribution < 1.29 is 48.4 Å². The molecule has 3 aromatic heterocycles. The molecule has 4 heterocycles. The van der Waals surface area contributed by atoms with Gasteiger partial charge in [-0.25, -0.2) is 28.4 Å². The number of aromatic nitrogens is 5. The Labute approximate surface area is 411 Å². The van der Waals surface area contributed by atoms with Crippen molar-refractivity contribution in [2.24, 2.45) is 26.1 Å². The van der Waals surface area contributed by atoms with Crippen LogP contribution in [0.1, 0.15) is 27.0 Å². The lowest BCUT2D eigenvalue weighted by atomic mass is 10.2. The molecule has 1 aliphatic heterocycles. The molecule has 0 radical (unpaired) electrons. The fourth-order valence-corrected chi connectivity index (χ4v) is 5.85. The number of thiol groups is 1. The number of piperazine rings is 1. The number of nitrogens with zero attached hydrogens (tertiary/aromatic N) is 13. The van der Waals surface area contributed by atoms with Crippen LogP contribution in [0.3, 0.4) is 0 Å². The predicted octanol–water partition coefficient (Wildman–Crippen LogP) is 4.64. The summed E-state index contributed by atoms with van der Waals surface area (Å²) in [6, 6.07) is 11.4. The number of sulfonamides is 1. The van der Waals surface area contributed by atoms with Crippen LogP contribution in [0.15, 0.2) is 73.6 Å². The van der Waals surface area contributed by atoms with Crippen molar-refractivity contribution >= 4 is 39.6 Å². The molecule has 4 aromatic rings. The zero-order valence-corrected chi connectivity index (χ0v) is 37.1. The number of hydrogen-bond acceptors (Lipinski definition) is 15. The van der Waals surface area contributed by atoms with E-state index in [9.17, 15) is 13.2 Å². The molecular weight excluding hydrogens is 917 g/mol. The third-order valence-corrected chi connectivity index (χ3v) is 9.06. The first kappa shape index (κ1) is 52.9. The number of ether oxygens (including phenoxy) is 1. The molecule has 0 spiro atoms. The molecule has 0 saturated carbocycles. The Morgan fingerprint density at radius 1 is 0.794 bits per heavy atom. The Morgan fingerprint density at radius 2 is 1.34 bits per heavy atom. The normalized spacial score (nSPS) is 11.1. The van der Waals surface area contributed by atoms with Crippen molar-refractivity contribution in [2.75, 3.05) is 39.5 Å². The van der Waals surface area contributed by atoms with Crippen LogP contribution in [0.5, 0.6) is 5.75 Å². The maximum Gasteiger partial charge on any atom is 0.352 e. The molecule has 68 heavy (non-hydrogen) atoms. The minimum absolute atomic E-state index is 0. The molecule has 1 fully saturated rings. The van der Waals surface area contributed by atoms with Crippen LogP contribution < -0.4 is 10.4 Å². The Hall–Kier alpha value is -9.40. The number of rotatable bonds is 12. The summed E-state index contributed by atoms with van der Waals surface area (Å²) in [5.74, 6) is 48.9. The van der Waals surface area contributed by atoms with Gasteiger partial charge in [0.2, 0.25) is 10.0 Å². The van der Waals surface area contributed by atoms with E-state index in [1.807, 2.05) is 36.4 Å². The van der Waals surface area contributed by atoms with Crippen LogP contribution in [0, 0.1) is 137 Å². The topological polar surface area (TPSA) is 252 Å². The first-order valence-electron chi connectivity index (χ1n) is 18.3. The fraction of sp³-hybridized carbons (Fsp3) is 0.182. The number of hydrogen-bond donors (Lipinski definition) is 3. The minimum Gasteiger partial charge on any atom is -0.497 e. The van der Waals surface area contributed by atoms with Gasteiger partial charge in [-0.1, -0.05) is 17.1 Å². The van der Waals surface area contributed by atoms with Gasteiger partial charge in [0.05, 0.1) is 36.3 Å². The van der Waals surface area contributed by atoms with Gasteiger partial charge in [-0.3, -0.25) is 9.47 Å². The Balaban J connectivity index is -0.000000138. The standard InChI is InChI=1S/C22H25N7O4S.C22H2.H3N7O4S.11H2/c1-33-18-6-3-16(4-7-18)13-28-21-19(20-23-15-24-29(20)22(28)30)8-5-17(25-21)14-26-9-11-27(12-10-26)34(2,31)32;1-3-5-7-9-11-13-15-17-19-21-22-20-18-16-14-12-10-8-6-4-2;1-2-3-4-5-6-7(9-8)10-11-12;;;;;;;;;;;/h3-8,15H,9-14H2,1-2H3;1-2H;1,8,12H;11*1H/b;;2-1?,4-3+,6-5+;;;;;;;;;;;. The van der Waals surface area contributed by atoms with E-state index < -0.39 is 10.0 Å². The molecule has 1 aromatic carbocycles. The number of pyridine rings is 1. The van der Waals surface area contributed by atoms with Gasteiger partial charge >= 0.3 is 5.69 Å². The zero-order chi connectivity index (χ0) is 49.2. The maximum absolute atomic E-state index is 13.2. The summed E-state index contributed by atoms with van der Waals surface area (Å²) in [6.07, 6.45) is 12.4. The van der Waals surface area contributed by atoms with Gasteiger partial charge in [-0.15, -0.1) is 17.2 Å². The lowest BCUT2D eigenvalue weighted by Gasteiger charge is -2.32. The summed E-state index contributed by atoms with van der Waals surface area (Å²) >= 11 is 3.12. The first-order chi connectivity index (χ1) is 33.1. The Bertz CT molecular complexity index is 3330. The van der Waals surface area contributed by atoms with E-state index in [0.29, 0.717) is 50.6 Å². The second-order valence-corrected chi connectivity index (χ2v) is 13.9. The van der Waals surface area contributed by atoms with Gasteiger partial charge in [0.15, 0.2) is 5.65 Å². The molecule has 0 aliphatic carbocycles. The highest BCUT2D eigenvalue weighted by atomic mass is 32.2. The van der Waals surface area contributed by atoms with Crippen molar-refractivity contribution in [3.05, 3.63) is 64.5 Å².